The van der Waals surface area contributed by atoms with Crippen LogP contribution in [0.15, 0.2) is 48.8 Å². The summed E-state index contributed by atoms with van der Waals surface area (Å²) >= 11 is 0. The van der Waals surface area contributed by atoms with Crippen molar-refractivity contribution in [1.82, 2.24) is 9.88 Å². The van der Waals surface area contributed by atoms with Gasteiger partial charge in [-0.15, -0.1) is 0 Å². The molecule has 0 saturated heterocycles. The van der Waals surface area contributed by atoms with Crippen molar-refractivity contribution in [2.75, 3.05) is 0 Å². The van der Waals surface area contributed by atoms with E-state index in [9.17, 15) is 9.90 Å². The van der Waals surface area contributed by atoms with Crippen molar-refractivity contribution in [3.05, 3.63) is 54.4 Å². The Morgan fingerprint density at radius 3 is 2.25 bits per heavy atom. The van der Waals surface area contributed by atoms with E-state index in [1.54, 1.807) is 32.9 Å². The predicted octanol–water partition coefficient (Wildman–Crippen LogP) is 2.37. The van der Waals surface area contributed by atoms with Gasteiger partial charge in [-0.1, -0.05) is 0 Å². The Balaban J connectivity index is 2.12. The van der Waals surface area contributed by atoms with Crippen molar-refractivity contribution in [1.29, 1.82) is 0 Å². The van der Waals surface area contributed by atoms with Crippen LogP contribution in [0.4, 0.5) is 0 Å². The normalized spacial score (nSPS) is 13.0. The minimum Gasteiger partial charge on any atom is -0.391 e. The van der Waals surface area contributed by atoms with Gasteiger partial charge < -0.3 is 15.0 Å². The second-order valence-corrected chi connectivity index (χ2v) is 5.49. The summed E-state index contributed by atoms with van der Waals surface area (Å²) in [5.74, 6) is -0.185. The molecule has 0 aliphatic carbocycles. The zero-order valence-electron chi connectivity index (χ0n) is 12.0. The monoisotopic (exact) mass is 272 g/mol. The zero-order valence-corrected chi connectivity index (χ0v) is 12.0. The number of rotatable bonds is 4. The maximum absolute atomic E-state index is 12.1. The van der Waals surface area contributed by atoms with Crippen LogP contribution < -0.4 is 5.32 Å². The average Bonchev–Trinajstić information content (AvgIpc) is 2.92. The largest absolute Gasteiger partial charge is 0.391 e. The van der Waals surface area contributed by atoms with E-state index < -0.39 is 11.6 Å². The van der Waals surface area contributed by atoms with E-state index in [1.807, 2.05) is 41.2 Å². The van der Waals surface area contributed by atoms with Gasteiger partial charge in [-0.05, 0) is 57.2 Å². The Morgan fingerprint density at radius 1 is 1.20 bits per heavy atom. The molecule has 4 heteroatoms. The van der Waals surface area contributed by atoms with Gasteiger partial charge >= 0.3 is 0 Å². The first kappa shape index (κ1) is 14.3. The summed E-state index contributed by atoms with van der Waals surface area (Å²) in [7, 11) is 0. The Labute approximate surface area is 119 Å². The lowest BCUT2D eigenvalue weighted by atomic mass is 9.98. The predicted molar refractivity (Wildman–Crippen MR) is 79.0 cm³/mol. The second-order valence-electron chi connectivity index (χ2n) is 5.49. The summed E-state index contributed by atoms with van der Waals surface area (Å²) in [5.41, 5.74) is 0.923. The number of carbonyl (C=O) groups excluding carboxylic acids is 1. The van der Waals surface area contributed by atoms with Gasteiger partial charge in [0, 0.05) is 23.6 Å². The van der Waals surface area contributed by atoms with Crippen molar-refractivity contribution in [3.8, 4) is 5.69 Å². The second kappa shape index (κ2) is 5.51. The van der Waals surface area contributed by atoms with Crippen LogP contribution in [-0.2, 0) is 0 Å². The van der Waals surface area contributed by atoms with Crippen molar-refractivity contribution >= 4 is 5.91 Å². The molecule has 2 rings (SSSR count). The van der Waals surface area contributed by atoms with Crippen LogP contribution in [0.5, 0.6) is 0 Å². The van der Waals surface area contributed by atoms with Crippen LogP contribution in [0.3, 0.4) is 0 Å². The van der Waals surface area contributed by atoms with Gasteiger partial charge in [-0.3, -0.25) is 4.79 Å². The third kappa shape index (κ3) is 3.08. The van der Waals surface area contributed by atoms with Gasteiger partial charge in [0.05, 0.1) is 11.6 Å². The van der Waals surface area contributed by atoms with Crippen LogP contribution in [0.1, 0.15) is 31.1 Å². The third-order valence-corrected chi connectivity index (χ3v) is 3.51. The molecule has 1 aromatic carbocycles. The number of nitrogens with zero attached hydrogens (tertiary/aromatic N) is 1. The molecular weight excluding hydrogens is 252 g/mol. The molecule has 4 nitrogen and oxygen atoms in total. The van der Waals surface area contributed by atoms with Crippen LogP contribution in [0, 0.1) is 0 Å². The Kier molecular flexibility index (Phi) is 3.95. The lowest BCUT2D eigenvalue weighted by Gasteiger charge is -2.29. The van der Waals surface area contributed by atoms with E-state index in [2.05, 4.69) is 5.32 Å². The van der Waals surface area contributed by atoms with Gasteiger partial charge in [-0.2, -0.15) is 0 Å². The Morgan fingerprint density at radius 2 is 1.75 bits per heavy atom. The lowest BCUT2D eigenvalue weighted by molar-refractivity contribution is 0.0709. The fraction of sp³-hybridized carbons (Fsp3) is 0.312. The molecule has 1 heterocycles. The Hall–Kier alpha value is -2.07. The van der Waals surface area contributed by atoms with E-state index in [1.165, 1.54) is 0 Å². The summed E-state index contributed by atoms with van der Waals surface area (Å²) in [6, 6.07) is 11.2. The molecule has 0 spiro atoms. The van der Waals surface area contributed by atoms with E-state index in [-0.39, 0.29) is 5.91 Å². The Bertz CT molecular complexity index is 569. The minimum absolute atomic E-state index is 0.185. The molecule has 1 amide bonds. The number of aliphatic hydroxyl groups excluding tert-OH is 1. The fourth-order valence-corrected chi connectivity index (χ4v) is 1.76. The van der Waals surface area contributed by atoms with E-state index >= 15 is 0 Å². The standard InChI is InChI=1S/C16H20N2O2/c1-12(19)16(2,3)17-15(20)13-6-8-14(9-7-13)18-10-4-5-11-18/h4-12,19H,1-3H3,(H,17,20). The number of amides is 1. The molecule has 0 saturated carbocycles. The molecule has 2 aromatic rings. The van der Waals surface area contributed by atoms with E-state index in [0.717, 1.165) is 5.69 Å². The summed E-state index contributed by atoms with van der Waals surface area (Å²) in [5, 5.41) is 12.5. The molecule has 1 aromatic heterocycles. The van der Waals surface area contributed by atoms with Gasteiger partial charge in [0.15, 0.2) is 0 Å². The van der Waals surface area contributed by atoms with Crippen molar-refractivity contribution in [2.45, 2.75) is 32.4 Å². The van der Waals surface area contributed by atoms with Crippen molar-refractivity contribution in [2.24, 2.45) is 0 Å². The first-order chi connectivity index (χ1) is 9.40. The summed E-state index contributed by atoms with van der Waals surface area (Å²) in [4.78, 5) is 12.1. The minimum atomic E-state index is -0.657. The van der Waals surface area contributed by atoms with Crippen LogP contribution >= 0.6 is 0 Å². The van der Waals surface area contributed by atoms with Crippen LogP contribution in [0.25, 0.3) is 5.69 Å². The van der Waals surface area contributed by atoms with Gasteiger partial charge in [-0.25, -0.2) is 0 Å². The molecule has 20 heavy (non-hydrogen) atoms. The summed E-state index contributed by atoms with van der Waals surface area (Å²) in [6.45, 7) is 5.25. The van der Waals surface area contributed by atoms with Crippen molar-refractivity contribution in [3.63, 3.8) is 0 Å². The third-order valence-electron chi connectivity index (χ3n) is 3.51. The molecular formula is C16H20N2O2. The highest BCUT2D eigenvalue weighted by molar-refractivity contribution is 5.94. The van der Waals surface area contributed by atoms with Crippen LogP contribution in [-0.4, -0.2) is 27.2 Å². The van der Waals surface area contributed by atoms with Crippen molar-refractivity contribution < 1.29 is 9.90 Å². The smallest absolute Gasteiger partial charge is 0.251 e. The number of aromatic nitrogens is 1. The van der Waals surface area contributed by atoms with Gasteiger partial charge in [0.2, 0.25) is 0 Å². The highest BCUT2D eigenvalue weighted by Gasteiger charge is 2.26. The number of carbonyl (C=O) groups is 1. The number of aliphatic hydroxyl groups is 1. The van der Waals surface area contributed by atoms with Gasteiger partial charge in [0.1, 0.15) is 0 Å². The fourth-order valence-electron chi connectivity index (χ4n) is 1.76. The lowest BCUT2D eigenvalue weighted by Crippen LogP contribution is -2.50. The molecule has 2 N–H and O–H groups in total. The average molecular weight is 272 g/mol. The van der Waals surface area contributed by atoms with Crippen LogP contribution in [0.2, 0.25) is 0 Å². The van der Waals surface area contributed by atoms with Gasteiger partial charge in [0.25, 0.3) is 5.91 Å². The number of hydrogen-bond acceptors (Lipinski definition) is 2. The van der Waals surface area contributed by atoms with E-state index in [4.69, 9.17) is 0 Å². The quantitative estimate of drug-likeness (QED) is 0.897. The highest BCUT2D eigenvalue weighted by Crippen LogP contribution is 2.13. The molecule has 1 atom stereocenters. The maximum atomic E-state index is 12.1. The first-order valence-corrected chi connectivity index (χ1v) is 6.64. The van der Waals surface area contributed by atoms with E-state index in [0.29, 0.717) is 5.56 Å². The summed E-state index contributed by atoms with van der Waals surface area (Å²) < 4.78 is 1.97. The SMILES string of the molecule is CC(O)C(C)(C)NC(=O)c1ccc(-n2cccc2)cc1. The molecule has 0 aliphatic rings. The number of hydrogen-bond donors (Lipinski definition) is 2. The summed E-state index contributed by atoms with van der Waals surface area (Å²) in [6.07, 6.45) is 3.28. The molecule has 0 fully saturated rings. The number of nitrogens with one attached hydrogen (secondary N) is 1. The molecule has 1 unspecified atom stereocenters. The first-order valence-electron chi connectivity index (χ1n) is 6.64. The molecule has 0 bridgehead atoms. The number of benzene rings is 1. The zero-order chi connectivity index (χ0) is 14.8. The molecule has 0 aliphatic heterocycles. The molecule has 106 valence electrons. The molecule has 0 radical (unpaired) electrons. The highest BCUT2D eigenvalue weighted by atomic mass is 16.3. The maximum Gasteiger partial charge on any atom is 0.251 e. The topological polar surface area (TPSA) is 54.3 Å².